The minimum Gasteiger partial charge on any atom is -0.381 e. The molecule has 1 aromatic rings. The average molecular weight is 277 g/mol. The number of hydrogen-bond acceptors (Lipinski definition) is 5. The van der Waals surface area contributed by atoms with Crippen LogP contribution in [0, 0.1) is 0 Å². The van der Waals surface area contributed by atoms with Gasteiger partial charge in [-0.2, -0.15) is 0 Å². The summed E-state index contributed by atoms with van der Waals surface area (Å²) in [7, 11) is 3.69. The van der Waals surface area contributed by atoms with Gasteiger partial charge in [-0.3, -0.25) is 0 Å². The van der Waals surface area contributed by atoms with E-state index in [0.29, 0.717) is 13.2 Å². The van der Waals surface area contributed by atoms with Crippen LogP contribution in [-0.4, -0.2) is 37.3 Å². The average Bonchev–Trinajstić information content (AvgIpc) is 2.54. The third-order valence-electron chi connectivity index (χ3n) is 4.52. The van der Waals surface area contributed by atoms with Gasteiger partial charge in [-0.25, -0.2) is 9.97 Å². The highest BCUT2D eigenvalue weighted by Gasteiger charge is 2.38. The lowest BCUT2D eigenvalue weighted by atomic mass is 9.91. The zero-order chi connectivity index (χ0) is 14.0. The van der Waals surface area contributed by atoms with E-state index < -0.39 is 0 Å². The van der Waals surface area contributed by atoms with Gasteiger partial charge in [-0.1, -0.05) is 0 Å². The molecule has 0 amide bonds. The Balaban J connectivity index is 2.04. The third kappa shape index (κ3) is 2.29. The summed E-state index contributed by atoms with van der Waals surface area (Å²) < 4.78 is 11.3. The molecule has 1 saturated heterocycles. The van der Waals surface area contributed by atoms with Crippen molar-refractivity contribution in [2.75, 3.05) is 32.7 Å². The molecule has 20 heavy (non-hydrogen) atoms. The molecule has 1 aliphatic carbocycles. The fraction of sp³-hybridized carbons (Fsp3) is 0.733. The van der Waals surface area contributed by atoms with E-state index in [1.54, 1.807) is 7.11 Å². The van der Waals surface area contributed by atoms with Crippen molar-refractivity contribution >= 4 is 5.82 Å². The minimum absolute atomic E-state index is 0.379. The molecule has 0 spiro atoms. The maximum atomic E-state index is 5.82. The topological polar surface area (TPSA) is 56.3 Å². The van der Waals surface area contributed by atoms with Crippen LogP contribution in [0.25, 0.3) is 0 Å². The number of aryl methyl sites for hydroxylation is 1. The monoisotopic (exact) mass is 277 g/mol. The standard InChI is InChI=1S/C15H23N3O2/c1-16-13-11-5-3-4-6-12(11)17-14(18-13)15(19-2)7-9-20-10-8-15/h3-10H2,1-2H3,(H,16,17,18). The van der Waals surface area contributed by atoms with E-state index in [0.717, 1.165) is 37.3 Å². The van der Waals surface area contributed by atoms with Gasteiger partial charge in [-0.15, -0.1) is 0 Å². The fourth-order valence-corrected chi connectivity index (χ4v) is 3.22. The Labute approximate surface area is 120 Å². The fourth-order valence-electron chi connectivity index (χ4n) is 3.22. The Bertz CT molecular complexity index is 467. The number of hydrogen-bond donors (Lipinski definition) is 1. The molecule has 1 aromatic heterocycles. The summed E-state index contributed by atoms with van der Waals surface area (Å²) in [6.07, 6.45) is 6.23. The molecule has 5 heteroatoms. The third-order valence-corrected chi connectivity index (χ3v) is 4.52. The quantitative estimate of drug-likeness (QED) is 0.916. The molecule has 1 aliphatic heterocycles. The molecule has 0 aromatic carbocycles. The second-order valence-corrected chi connectivity index (χ2v) is 5.59. The largest absolute Gasteiger partial charge is 0.381 e. The molecule has 1 N–H and O–H groups in total. The Kier molecular flexibility index (Phi) is 3.89. The van der Waals surface area contributed by atoms with Crippen molar-refractivity contribution in [1.82, 2.24) is 9.97 Å². The van der Waals surface area contributed by atoms with E-state index in [1.165, 1.54) is 24.1 Å². The van der Waals surface area contributed by atoms with Gasteiger partial charge in [0.25, 0.3) is 0 Å². The van der Waals surface area contributed by atoms with Crippen LogP contribution < -0.4 is 5.32 Å². The molecule has 0 unspecified atom stereocenters. The number of ether oxygens (including phenoxy) is 2. The van der Waals surface area contributed by atoms with Crippen LogP contribution >= 0.6 is 0 Å². The maximum absolute atomic E-state index is 5.82. The van der Waals surface area contributed by atoms with Gasteiger partial charge >= 0.3 is 0 Å². The summed E-state index contributed by atoms with van der Waals surface area (Å²) in [4.78, 5) is 9.63. The number of methoxy groups -OCH3 is 1. The Morgan fingerprint density at radius 2 is 1.90 bits per heavy atom. The van der Waals surface area contributed by atoms with Crippen molar-refractivity contribution in [3.63, 3.8) is 0 Å². The van der Waals surface area contributed by atoms with Crippen molar-refractivity contribution < 1.29 is 9.47 Å². The highest BCUT2D eigenvalue weighted by Crippen LogP contribution is 2.36. The second kappa shape index (κ2) is 5.66. The number of anilines is 1. The van der Waals surface area contributed by atoms with Crippen LogP contribution in [-0.2, 0) is 27.9 Å². The van der Waals surface area contributed by atoms with Gasteiger partial charge in [0.1, 0.15) is 11.4 Å². The maximum Gasteiger partial charge on any atom is 0.163 e. The van der Waals surface area contributed by atoms with Crippen molar-refractivity contribution in [2.24, 2.45) is 0 Å². The molecule has 2 heterocycles. The van der Waals surface area contributed by atoms with Crippen molar-refractivity contribution in [3.8, 4) is 0 Å². The van der Waals surface area contributed by atoms with E-state index in [2.05, 4.69) is 5.32 Å². The van der Waals surface area contributed by atoms with Gasteiger partial charge in [0.05, 0.1) is 0 Å². The smallest absolute Gasteiger partial charge is 0.163 e. The SMILES string of the molecule is CNc1nc(C2(OC)CCOCC2)nc2c1CCCC2. The van der Waals surface area contributed by atoms with E-state index in [1.807, 2.05) is 7.05 Å². The van der Waals surface area contributed by atoms with E-state index >= 15 is 0 Å². The molecular formula is C15H23N3O2. The van der Waals surface area contributed by atoms with Gasteiger partial charge in [0, 0.05) is 51.5 Å². The van der Waals surface area contributed by atoms with Crippen LogP contribution in [0.2, 0.25) is 0 Å². The summed E-state index contributed by atoms with van der Waals surface area (Å²) in [5.74, 6) is 1.81. The normalized spacial score (nSPS) is 21.3. The van der Waals surface area contributed by atoms with Gasteiger partial charge in [0.15, 0.2) is 5.82 Å². The zero-order valence-electron chi connectivity index (χ0n) is 12.4. The summed E-state index contributed by atoms with van der Waals surface area (Å²) in [5, 5.41) is 3.24. The van der Waals surface area contributed by atoms with Crippen LogP contribution in [0.1, 0.15) is 42.8 Å². The second-order valence-electron chi connectivity index (χ2n) is 5.59. The predicted octanol–water partition coefficient (Wildman–Crippen LogP) is 2.05. The minimum atomic E-state index is -0.379. The molecular weight excluding hydrogens is 254 g/mol. The van der Waals surface area contributed by atoms with Gasteiger partial charge < -0.3 is 14.8 Å². The Morgan fingerprint density at radius 3 is 2.60 bits per heavy atom. The van der Waals surface area contributed by atoms with Crippen LogP contribution in [0.5, 0.6) is 0 Å². The first kappa shape index (κ1) is 13.8. The number of nitrogens with one attached hydrogen (secondary N) is 1. The molecule has 1 fully saturated rings. The molecule has 110 valence electrons. The van der Waals surface area contributed by atoms with Crippen LogP contribution in [0.15, 0.2) is 0 Å². The molecule has 0 saturated carbocycles. The molecule has 2 aliphatic rings. The van der Waals surface area contributed by atoms with E-state index in [-0.39, 0.29) is 5.60 Å². The van der Waals surface area contributed by atoms with Crippen molar-refractivity contribution in [2.45, 2.75) is 44.1 Å². The zero-order valence-corrected chi connectivity index (χ0v) is 12.4. The molecule has 0 radical (unpaired) electrons. The molecule has 3 rings (SSSR count). The van der Waals surface area contributed by atoms with E-state index in [9.17, 15) is 0 Å². The Hall–Kier alpha value is -1.20. The highest BCUT2D eigenvalue weighted by molar-refractivity contribution is 5.47. The number of nitrogens with zero attached hydrogens (tertiary/aromatic N) is 2. The summed E-state index contributed by atoms with van der Waals surface area (Å²) in [6, 6.07) is 0. The number of aromatic nitrogens is 2. The summed E-state index contributed by atoms with van der Waals surface area (Å²) in [6.45, 7) is 1.42. The van der Waals surface area contributed by atoms with Gasteiger partial charge in [0.2, 0.25) is 0 Å². The first-order valence-electron chi connectivity index (χ1n) is 7.50. The molecule has 0 bridgehead atoms. The number of rotatable bonds is 3. The lowest BCUT2D eigenvalue weighted by molar-refractivity contribution is -0.100. The molecule has 0 atom stereocenters. The molecule has 5 nitrogen and oxygen atoms in total. The highest BCUT2D eigenvalue weighted by atomic mass is 16.5. The Morgan fingerprint density at radius 1 is 1.15 bits per heavy atom. The predicted molar refractivity (Wildman–Crippen MR) is 77.0 cm³/mol. The summed E-state index contributed by atoms with van der Waals surface area (Å²) in [5.41, 5.74) is 2.12. The van der Waals surface area contributed by atoms with E-state index in [4.69, 9.17) is 19.4 Å². The first-order chi connectivity index (χ1) is 9.79. The lowest BCUT2D eigenvalue weighted by Gasteiger charge is -2.35. The first-order valence-corrected chi connectivity index (χ1v) is 7.50. The van der Waals surface area contributed by atoms with Crippen LogP contribution in [0.4, 0.5) is 5.82 Å². The van der Waals surface area contributed by atoms with Gasteiger partial charge in [-0.05, 0) is 25.7 Å². The lowest BCUT2D eigenvalue weighted by Crippen LogP contribution is -2.38. The summed E-state index contributed by atoms with van der Waals surface area (Å²) >= 11 is 0. The van der Waals surface area contributed by atoms with Crippen molar-refractivity contribution in [1.29, 1.82) is 0 Å². The van der Waals surface area contributed by atoms with Crippen molar-refractivity contribution in [3.05, 3.63) is 17.1 Å². The van der Waals surface area contributed by atoms with Crippen LogP contribution in [0.3, 0.4) is 0 Å². The number of fused-ring (bicyclic) bond motifs is 1.